The summed E-state index contributed by atoms with van der Waals surface area (Å²) in [5, 5.41) is 9.06. The zero-order valence-corrected chi connectivity index (χ0v) is 12.2. The first kappa shape index (κ1) is 14.9. The number of hydrogen-bond acceptors (Lipinski definition) is 2. The number of aliphatic hydroxyl groups excluding tert-OH is 1. The Kier molecular flexibility index (Phi) is 5.24. The summed E-state index contributed by atoms with van der Waals surface area (Å²) < 4.78 is 6.18. The fraction of sp³-hybridized carbons (Fsp3) is 0.833. The molecule has 0 aliphatic heterocycles. The van der Waals surface area contributed by atoms with E-state index < -0.39 is 8.32 Å². The van der Waals surface area contributed by atoms with E-state index in [9.17, 15) is 0 Å². The molecule has 0 bridgehead atoms. The maximum absolute atomic E-state index is 8.82. The van der Waals surface area contributed by atoms with Crippen LogP contribution in [0.2, 0.25) is 18.1 Å². The molecule has 0 aromatic carbocycles. The van der Waals surface area contributed by atoms with Crippen molar-refractivity contribution in [3.8, 4) is 0 Å². The van der Waals surface area contributed by atoms with E-state index in [0.717, 1.165) is 5.57 Å². The molecule has 1 unspecified atom stereocenters. The van der Waals surface area contributed by atoms with E-state index in [2.05, 4.69) is 40.8 Å². The standard InChI is InChI=1S/C12H26O2Si/c1-10(8-9-13)11(2)14-15(6,7)12(3,4)5/h8,11,13H,9H2,1-7H3/b10-8+. The summed E-state index contributed by atoms with van der Waals surface area (Å²) in [5.41, 5.74) is 1.11. The molecule has 0 radical (unpaired) electrons. The van der Waals surface area contributed by atoms with Gasteiger partial charge in [0.05, 0.1) is 12.7 Å². The molecule has 2 nitrogen and oxygen atoms in total. The molecule has 1 N–H and O–H groups in total. The van der Waals surface area contributed by atoms with Crippen LogP contribution in [0.5, 0.6) is 0 Å². The molecule has 0 aliphatic rings. The maximum atomic E-state index is 8.82. The number of rotatable bonds is 4. The van der Waals surface area contributed by atoms with Gasteiger partial charge in [0.2, 0.25) is 0 Å². The smallest absolute Gasteiger partial charge is 0.192 e. The van der Waals surface area contributed by atoms with Crippen LogP contribution < -0.4 is 0 Å². The van der Waals surface area contributed by atoms with Crippen LogP contribution in [-0.2, 0) is 4.43 Å². The van der Waals surface area contributed by atoms with Gasteiger partial charge >= 0.3 is 0 Å². The van der Waals surface area contributed by atoms with Gasteiger partial charge in [-0.25, -0.2) is 0 Å². The average Bonchev–Trinajstić information content (AvgIpc) is 2.01. The third-order valence-corrected chi connectivity index (χ3v) is 7.89. The van der Waals surface area contributed by atoms with Gasteiger partial charge in [-0.05, 0) is 37.6 Å². The maximum Gasteiger partial charge on any atom is 0.192 e. The third-order valence-electron chi connectivity index (χ3n) is 3.33. The van der Waals surface area contributed by atoms with Crippen molar-refractivity contribution in [1.82, 2.24) is 0 Å². The normalized spacial score (nSPS) is 16.7. The SMILES string of the molecule is C/C(=C\CO)C(C)O[Si](C)(C)C(C)(C)C. The molecular weight excluding hydrogens is 204 g/mol. The van der Waals surface area contributed by atoms with E-state index in [1.165, 1.54) is 0 Å². The van der Waals surface area contributed by atoms with Gasteiger partial charge in [0.1, 0.15) is 0 Å². The highest BCUT2D eigenvalue weighted by Crippen LogP contribution is 2.37. The molecule has 90 valence electrons. The summed E-state index contributed by atoms with van der Waals surface area (Å²) in [6.45, 7) is 15.4. The molecular formula is C12H26O2Si. The van der Waals surface area contributed by atoms with Crippen LogP contribution in [0, 0.1) is 0 Å². The topological polar surface area (TPSA) is 29.5 Å². The van der Waals surface area contributed by atoms with Gasteiger partial charge in [0.15, 0.2) is 8.32 Å². The lowest BCUT2D eigenvalue weighted by Crippen LogP contribution is -2.43. The Bertz CT molecular complexity index is 226. The number of aliphatic hydroxyl groups is 1. The Balaban J connectivity index is 4.54. The number of hydrogen-bond donors (Lipinski definition) is 1. The second kappa shape index (κ2) is 5.28. The van der Waals surface area contributed by atoms with Gasteiger partial charge in [-0.1, -0.05) is 26.8 Å². The van der Waals surface area contributed by atoms with Gasteiger partial charge in [-0.2, -0.15) is 0 Å². The molecule has 0 rings (SSSR count). The van der Waals surface area contributed by atoms with E-state index in [-0.39, 0.29) is 17.7 Å². The van der Waals surface area contributed by atoms with E-state index >= 15 is 0 Å². The molecule has 0 heterocycles. The summed E-state index contributed by atoms with van der Waals surface area (Å²) in [4.78, 5) is 0. The van der Waals surface area contributed by atoms with Crippen LogP contribution in [0.15, 0.2) is 11.6 Å². The Hall–Kier alpha value is -0.123. The lowest BCUT2D eigenvalue weighted by Gasteiger charge is -2.38. The highest BCUT2D eigenvalue weighted by molar-refractivity contribution is 6.74. The van der Waals surface area contributed by atoms with Gasteiger partial charge < -0.3 is 9.53 Å². The fourth-order valence-corrected chi connectivity index (χ4v) is 2.44. The molecule has 3 heteroatoms. The second-order valence-corrected chi connectivity index (χ2v) is 10.4. The predicted molar refractivity (Wildman–Crippen MR) is 68.6 cm³/mol. The Morgan fingerprint density at radius 1 is 1.40 bits per heavy atom. The largest absolute Gasteiger partial charge is 0.411 e. The molecule has 0 aromatic heterocycles. The van der Waals surface area contributed by atoms with Gasteiger partial charge in [0.25, 0.3) is 0 Å². The quantitative estimate of drug-likeness (QED) is 0.593. The Labute approximate surface area is 95.5 Å². The van der Waals surface area contributed by atoms with Gasteiger partial charge in [-0.3, -0.25) is 0 Å². The van der Waals surface area contributed by atoms with Crippen molar-refractivity contribution in [1.29, 1.82) is 0 Å². The summed E-state index contributed by atoms with van der Waals surface area (Å²) in [6.07, 6.45) is 1.93. The summed E-state index contributed by atoms with van der Waals surface area (Å²) in [6, 6.07) is 0. The minimum atomic E-state index is -1.68. The second-order valence-electron chi connectivity index (χ2n) is 5.65. The van der Waals surface area contributed by atoms with Crippen LogP contribution >= 0.6 is 0 Å². The van der Waals surface area contributed by atoms with Gasteiger partial charge in [0, 0.05) is 0 Å². The highest BCUT2D eigenvalue weighted by atomic mass is 28.4. The molecule has 0 amide bonds. The monoisotopic (exact) mass is 230 g/mol. The van der Waals surface area contributed by atoms with E-state index in [1.807, 2.05) is 13.0 Å². The van der Waals surface area contributed by atoms with Crippen LogP contribution in [0.4, 0.5) is 0 Å². The first-order valence-electron chi connectivity index (χ1n) is 5.57. The van der Waals surface area contributed by atoms with Crippen LogP contribution in [-0.4, -0.2) is 26.1 Å². The molecule has 0 saturated heterocycles. The van der Waals surface area contributed by atoms with Gasteiger partial charge in [-0.15, -0.1) is 0 Å². The lowest BCUT2D eigenvalue weighted by atomic mass is 10.2. The van der Waals surface area contributed by atoms with Crippen LogP contribution in [0.1, 0.15) is 34.6 Å². The average molecular weight is 230 g/mol. The highest BCUT2D eigenvalue weighted by Gasteiger charge is 2.38. The molecule has 0 saturated carbocycles. The molecule has 0 fully saturated rings. The van der Waals surface area contributed by atoms with E-state index in [1.54, 1.807) is 0 Å². The van der Waals surface area contributed by atoms with E-state index in [4.69, 9.17) is 9.53 Å². The van der Waals surface area contributed by atoms with Crippen molar-refractivity contribution in [3.63, 3.8) is 0 Å². The summed E-state index contributed by atoms with van der Waals surface area (Å²) in [7, 11) is -1.68. The zero-order valence-electron chi connectivity index (χ0n) is 11.2. The molecule has 0 spiro atoms. The summed E-state index contributed by atoms with van der Waals surface area (Å²) >= 11 is 0. The predicted octanol–water partition coefficient (Wildman–Crippen LogP) is 3.34. The van der Waals surface area contributed by atoms with Crippen LogP contribution in [0.3, 0.4) is 0 Å². The zero-order chi connectivity index (χ0) is 12.3. The Morgan fingerprint density at radius 2 is 1.87 bits per heavy atom. The fourth-order valence-electron chi connectivity index (χ4n) is 1.02. The molecule has 15 heavy (non-hydrogen) atoms. The molecule has 0 aromatic rings. The lowest BCUT2D eigenvalue weighted by molar-refractivity contribution is 0.230. The summed E-state index contributed by atoms with van der Waals surface area (Å²) in [5.74, 6) is 0. The molecule has 1 atom stereocenters. The third kappa shape index (κ3) is 4.49. The minimum absolute atomic E-state index is 0.0943. The van der Waals surface area contributed by atoms with Crippen molar-refractivity contribution in [2.45, 2.75) is 58.9 Å². The van der Waals surface area contributed by atoms with Crippen molar-refractivity contribution in [2.24, 2.45) is 0 Å². The Morgan fingerprint density at radius 3 is 2.20 bits per heavy atom. The van der Waals surface area contributed by atoms with Crippen molar-refractivity contribution in [2.75, 3.05) is 6.61 Å². The molecule has 0 aliphatic carbocycles. The van der Waals surface area contributed by atoms with E-state index in [0.29, 0.717) is 0 Å². The van der Waals surface area contributed by atoms with Crippen molar-refractivity contribution >= 4 is 8.32 Å². The van der Waals surface area contributed by atoms with Crippen molar-refractivity contribution < 1.29 is 9.53 Å². The minimum Gasteiger partial charge on any atom is -0.411 e. The first-order valence-corrected chi connectivity index (χ1v) is 8.48. The van der Waals surface area contributed by atoms with Crippen LogP contribution in [0.25, 0.3) is 0 Å². The van der Waals surface area contributed by atoms with Crippen molar-refractivity contribution in [3.05, 3.63) is 11.6 Å². The first-order chi connectivity index (χ1) is 6.62.